The van der Waals surface area contributed by atoms with Gasteiger partial charge in [0, 0.05) is 16.5 Å². The molecule has 1 amide bonds. The lowest BCUT2D eigenvalue weighted by Gasteiger charge is -2.04. The van der Waals surface area contributed by atoms with Gasteiger partial charge in [0.25, 0.3) is 5.91 Å². The molecular weight excluding hydrogens is 380 g/mol. The van der Waals surface area contributed by atoms with E-state index in [9.17, 15) is 9.59 Å². The minimum Gasteiger partial charge on any atom is -0.454 e. The van der Waals surface area contributed by atoms with Crippen molar-refractivity contribution in [3.63, 3.8) is 0 Å². The van der Waals surface area contributed by atoms with Crippen molar-refractivity contribution in [1.29, 1.82) is 0 Å². The van der Waals surface area contributed by atoms with Crippen LogP contribution in [-0.2, 0) is 0 Å². The number of amides is 1. The highest BCUT2D eigenvalue weighted by atomic mass is 32.1. The summed E-state index contributed by atoms with van der Waals surface area (Å²) in [6.45, 7) is 2.11. The van der Waals surface area contributed by atoms with Gasteiger partial charge in [-0.3, -0.25) is 10.1 Å². The van der Waals surface area contributed by atoms with Gasteiger partial charge in [0.05, 0.1) is 16.7 Å². The first-order chi connectivity index (χ1) is 13.6. The normalized spacial score (nSPS) is 12.5. The molecule has 0 atom stereocenters. The number of aromatic nitrogens is 3. The van der Waals surface area contributed by atoms with Crippen molar-refractivity contribution in [1.82, 2.24) is 15.0 Å². The molecule has 0 unspecified atom stereocenters. The number of hydrogen-bond acceptors (Lipinski definition) is 6. The van der Waals surface area contributed by atoms with Crippen LogP contribution in [0.25, 0.3) is 22.3 Å². The maximum Gasteiger partial charge on any atom is 0.323 e. The number of carbonyl (C=O) groups excluding carboxylic acids is 1. The molecule has 2 aromatic carbocycles. The summed E-state index contributed by atoms with van der Waals surface area (Å²) in [5.41, 5.74) is 4.27. The quantitative estimate of drug-likeness (QED) is 0.494. The SMILES string of the molecule is Cc1cc2[nH]c(=O)[nH]c2cc1-c1csc(NC(=O)c2ccc3c(c2)OCO3)n1. The molecule has 0 saturated carbocycles. The van der Waals surface area contributed by atoms with Crippen molar-refractivity contribution < 1.29 is 14.3 Å². The fourth-order valence-electron chi connectivity index (χ4n) is 3.13. The summed E-state index contributed by atoms with van der Waals surface area (Å²) in [4.78, 5) is 34.0. The van der Waals surface area contributed by atoms with Crippen LogP contribution < -0.4 is 20.5 Å². The Hall–Kier alpha value is -3.59. The predicted octanol–water partition coefficient (Wildman–Crippen LogP) is 3.27. The van der Waals surface area contributed by atoms with Gasteiger partial charge in [-0.15, -0.1) is 11.3 Å². The Morgan fingerprint density at radius 3 is 2.79 bits per heavy atom. The van der Waals surface area contributed by atoms with E-state index in [1.807, 2.05) is 24.4 Å². The molecule has 0 bridgehead atoms. The molecule has 0 saturated heterocycles. The van der Waals surface area contributed by atoms with E-state index in [0.29, 0.717) is 27.7 Å². The molecule has 28 heavy (non-hydrogen) atoms. The zero-order chi connectivity index (χ0) is 19.3. The number of H-pyrrole nitrogens is 2. The number of fused-ring (bicyclic) bond motifs is 2. The summed E-state index contributed by atoms with van der Waals surface area (Å²) in [6.07, 6.45) is 0. The first kappa shape index (κ1) is 16.6. The van der Waals surface area contributed by atoms with E-state index in [0.717, 1.165) is 22.3 Å². The van der Waals surface area contributed by atoms with Crippen LogP contribution in [-0.4, -0.2) is 27.7 Å². The van der Waals surface area contributed by atoms with Crippen molar-refractivity contribution in [2.24, 2.45) is 0 Å². The highest BCUT2D eigenvalue weighted by molar-refractivity contribution is 7.14. The first-order valence-corrected chi connectivity index (χ1v) is 9.34. The number of benzene rings is 2. The van der Waals surface area contributed by atoms with Crippen molar-refractivity contribution in [3.8, 4) is 22.8 Å². The number of nitrogens with zero attached hydrogens (tertiary/aromatic N) is 1. The van der Waals surface area contributed by atoms with E-state index in [-0.39, 0.29) is 18.4 Å². The van der Waals surface area contributed by atoms with Crippen LogP contribution in [0.5, 0.6) is 11.5 Å². The van der Waals surface area contributed by atoms with Gasteiger partial charge in [-0.05, 0) is 42.8 Å². The lowest BCUT2D eigenvalue weighted by Crippen LogP contribution is -2.11. The molecule has 4 aromatic rings. The summed E-state index contributed by atoms with van der Waals surface area (Å²) in [5.74, 6) is 0.903. The lowest BCUT2D eigenvalue weighted by atomic mass is 10.1. The molecule has 0 fully saturated rings. The molecule has 3 N–H and O–H groups in total. The van der Waals surface area contributed by atoms with Gasteiger partial charge in [-0.25, -0.2) is 9.78 Å². The minimum absolute atomic E-state index is 0.159. The molecular formula is C19H14N4O4S. The predicted molar refractivity (Wildman–Crippen MR) is 105 cm³/mol. The standard InChI is InChI=1S/C19H14N4O4S/c1-9-4-12-13(21-18(25)20-12)6-11(9)14-7-28-19(22-14)23-17(24)10-2-3-15-16(5-10)27-8-26-15/h2-7H,8H2,1H3,(H2,20,21,25)(H,22,23,24). The van der Waals surface area contributed by atoms with Gasteiger partial charge >= 0.3 is 5.69 Å². The van der Waals surface area contributed by atoms with Crippen LogP contribution in [0, 0.1) is 6.92 Å². The number of nitrogens with one attached hydrogen (secondary N) is 3. The summed E-state index contributed by atoms with van der Waals surface area (Å²) in [7, 11) is 0. The first-order valence-electron chi connectivity index (χ1n) is 8.46. The number of thiazole rings is 1. The maximum absolute atomic E-state index is 12.5. The lowest BCUT2D eigenvalue weighted by molar-refractivity contribution is 0.102. The third-order valence-corrected chi connectivity index (χ3v) is 5.25. The van der Waals surface area contributed by atoms with E-state index in [2.05, 4.69) is 20.3 Å². The molecule has 5 rings (SSSR count). The van der Waals surface area contributed by atoms with Crippen LogP contribution in [0.1, 0.15) is 15.9 Å². The van der Waals surface area contributed by atoms with Crippen molar-refractivity contribution in [3.05, 3.63) is 57.3 Å². The third kappa shape index (κ3) is 2.81. The largest absolute Gasteiger partial charge is 0.454 e. The van der Waals surface area contributed by atoms with Crippen molar-refractivity contribution >= 4 is 33.4 Å². The smallest absolute Gasteiger partial charge is 0.323 e. The Bertz CT molecular complexity index is 1290. The summed E-state index contributed by atoms with van der Waals surface area (Å²) >= 11 is 1.33. The van der Waals surface area contributed by atoms with Crippen LogP contribution in [0.4, 0.5) is 5.13 Å². The highest BCUT2D eigenvalue weighted by Gasteiger charge is 2.17. The Morgan fingerprint density at radius 1 is 1.14 bits per heavy atom. The summed E-state index contributed by atoms with van der Waals surface area (Å²) in [6, 6.07) is 8.80. The second-order valence-corrected chi connectivity index (χ2v) is 7.21. The number of hydrogen-bond donors (Lipinski definition) is 3. The second-order valence-electron chi connectivity index (χ2n) is 6.35. The molecule has 0 aliphatic carbocycles. The highest BCUT2D eigenvalue weighted by Crippen LogP contribution is 2.33. The fraction of sp³-hybridized carbons (Fsp3) is 0.105. The van der Waals surface area contributed by atoms with Gasteiger partial charge in [0.2, 0.25) is 6.79 Å². The molecule has 8 nitrogen and oxygen atoms in total. The Labute approximate surface area is 162 Å². The zero-order valence-corrected chi connectivity index (χ0v) is 15.5. The second kappa shape index (κ2) is 6.24. The maximum atomic E-state index is 12.5. The number of imidazole rings is 1. The Kier molecular flexibility index (Phi) is 3.69. The number of aryl methyl sites for hydroxylation is 1. The molecule has 140 valence electrons. The topological polar surface area (TPSA) is 109 Å². The van der Waals surface area contributed by atoms with E-state index in [1.54, 1.807) is 18.2 Å². The van der Waals surface area contributed by atoms with Gasteiger partial charge < -0.3 is 19.4 Å². The number of rotatable bonds is 3. The number of ether oxygens (including phenoxy) is 2. The molecule has 3 heterocycles. The third-order valence-electron chi connectivity index (χ3n) is 4.50. The van der Waals surface area contributed by atoms with Crippen molar-refractivity contribution in [2.45, 2.75) is 6.92 Å². The average molecular weight is 394 g/mol. The summed E-state index contributed by atoms with van der Waals surface area (Å²) < 4.78 is 10.6. The molecule has 0 spiro atoms. The van der Waals surface area contributed by atoms with Crippen LogP contribution in [0.2, 0.25) is 0 Å². The van der Waals surface area contributed by atoms with Crippen LogP contribution in [0.15, 0.2) is 40.5 Å². The molecule has 9 heteroatoms. The van der Waals surface area contributed by atoms with E-state index >= 15 is 0 Å². The van der Waals surface area contributed by atoms with Gasteiger partial charge in [-0.1, -0.05) is 0 Å². The zero-order valence-electron chi connectivity index (χ0n) is 14.7. The van der Waals surface area contributed by atoms with Gasteiger partial charge in [-0.2, -0.15) is 0 Å². The molecule has 1 aliphatic heterocycles. The van der Waals surface area contributed by atoms with E-state index in [1.165, 1.54) is 11.3 Å². The van der Waals surface area contributed by atoms with E-state index in [4.69, 9.17) is 9.47 Å². The summed E-state index contributed by atoms with van der Waals surface area (Å²) in [5, 5.41) is 5.16. The van der Waals surface area contributed by atoms with Gasteiger partial charge in [0.1, 0.15) is 0 Å². The Morgan fingerprint density at radius 2 is 1.93 bits per heavy atom. The molecule has 2 aromatic heterocycles. The molecule has 1 aliphatic rings. The monoisotopic (exact) mass is 394 g/mol. The number of carbonyl (C=O) groups is 1. The number of aromatic amines is 2. The minimum atomic E-state index is -0.277. The fourth-order valence-corrected chi connectivity index (χ4v) is 3.83. The van der Waals surface area contributed by atoms with Crippen molar-refractivity contribution in [2.75, 3.05) is 12.1 Å². The average Bonchev–Trinajstić information content (AvgIpc) is 3.39. The Balaban J connectivity index is 1.41. The van der Waals surface area contributed by atoms with Gasteiger partial charge in [0.15, 0.2) is 16.6 Å². The number of anilines is 1. The molecule has 0 radical (unpaired) electrons. The van der Waals surface area contributed by atoms with E-state index < -0.39 is 0 Å². The van der Waals surface area contributed by atoms with Crippen LogP contribution in [0.3, 0.4) is 0 Å². The van der Waals surface area contributed by atoms with Crippen LogP contribution >= 0.6 is 11.3 Å².